The minimum absolute atomic E-state index is 0.264. The Morgan fingerprint density at radius 3 is 2.86 bits per heavy atom. The predicted octanol–water partition coefficient (Wildman–Crippen LogP) is -0.0563. The number of hydrogen-bond donors (Lipinski definition) is 0. The molecular formula is C4H7NO2. The first-order chi connectivity index (χ1) is 3.30. The van der Waals surface area contributed by atoms with Crippen molar-refractivity contribution >= 4 is 6.21 Å². The summed E-state index contributed by atoms with van der Waals surface area (Å²) in [5.41, 5.74) is 0. The monoisotopic (exact) mass is 101 g/mol. The van der Waals surface area contributed by atoms with E-state index in [1.165, 1.54) is 6.21 Å². The minimum atomic E-state index is -0.264. The Balaban J connectivity index is 2.54. The van der Waals surface area contributed by atoms with Gasteiger partial charge in [0.1, 0.15) is 6.61 Å². The molecule has 0 radical (unpaired) electrons. The van der Waals surface area contributed by atoms with Crippen LogP contribution in [-0.2, 0) is 4.74 Å². The molecule has 0 spiro atoms. The molecule has 7 heavy (non-hydrogen) atoms. The second-order valence-electron chi connectivity index (χ2n) is 1.48. The molecule has 1 unspecified atom stereocenters. The summed E-state index contributed by atoms with van der Waals surface area (Å²) >= 11 is 0. The molecule has 40 valence electrons. The van der Waals surface area contributed by atoms with Crippen LogP contribution in [0.3, 0.4) is 0 Å². The van der Waals surface area contributed by atoms with Gasteiger partial charge >= 0.3 is 0 Å². The summed E-state index contributed by atoms with van der Waals surface area (Å²) in [6.45, 7) is 2.18. The lowest BCUT2D eigenvalue weighted by atomic mass is 10.7. The summed E-state index contributed by atoms with van der Waals surface area (Å²) in [7, 11) is 0. The van der Waals surface area contributed by atoms with Gasteiger partial charge in [-0.15, -0.1) is 0 Å². The van der Waals surface area contributed by atoms with E-state index in [1.807, 2.05) is 0 Å². The third kappa shape index (κ3) is 0.718. The molecule has 1 atom stereocenters. The second kappa shape index (κ2) is 1.50. The average molecular weight is 101 g/mol. The molecule has 3 heteroatoms. The quantitative estimate of drug-likeness (QED) is 0.316. The summed E-state index contributed by atoms with van der Waals surface area (Å²) in [6, 6.07) is 0. The fraction of sp³-hybridized carbons (Fsp3) is 0.750. The fourth-order valence-corrected chi connectivity index (χ4v) is 0.478. The molecule has 1 aliphatic heterocycles. The molecule has 0 aromatic rings. The second-order valence-corrected chi connectivity index (χ2v) is 1.48. The topological polar surface area (TPSA) is 35.3 Å². The van der Waals surface area contributed by atoms with E-state index in [9.17, 15) is 5.21 Å². The number of nitrogens with zero attached hydrogens (tertiary/aromatic N) is 1. The van der Waals surface area contributed by atoms with Gasteiger partial charge in [0, 0.05) is 6.92 Å². The van der Waals surface area contributed by atoms with Crippen molar-refractivity contribution in [1.29, 1.82) is 0 Å². The molecule has 0 bridgehead atoms. The largest absolute Gasteiger partial charge is 0.622 e. The van der Waals surface area contributed by atoms with Crippen LogP contribution in [0.5, 0.6) is 0 Å². The maximum Gasteiger partial charge on any atom is 0.264 e. The van der Waals surface area contributed by atoms with Crippen LogP contribution in [0.2, 0.25) is 0 Å². The summed E-state index contributed by atoms with van der Waals surface area (Å²) in [5.74, 6) is 0. The lowest BCUT2D eigenvalue weighted by Gasteiger charge is -2.01. The number of rotatable bonds is 0. The first-order valence-electron chi connectivity index (χ1n) is 2.21. The first-order valence-corrected chi connectivity index (χ1v) is 2.21. The van der Waals surface area contributed by atoms with E-state index >= 15 is 0 Å². The molecule has 0 amide bonds. The smallest absolute Gasteiger partial charge is 0.264 e. The van der Waals surface area contributed by atoms with Crippen LogP contribution in [0.25, 0.3) is 0 Å². The van der Waals surface area contributed by atoms with Crippen LogP contribution in [0.15, 0.2) is 0 Å². The fourth-order valence-electron chi connectivity index (χ4n) is 0.478. The van der Waals surface area contributed by atoms with Gasteiger partial charge in [-0.3, -0.25) is 0 Å². The Hall–Kier alpha value is -0.570. The molecule has 1 aliphatic rings. The van der Waals surface area contributed by atoms with Gasteiger partial charge in [0.25, 0.3) is 6.23 Å². The summed E-state index contributed by atoms with van der Waals surface area (Å²) in [4.78, 5) is 0. The average Bonchev–Trinajstić information content (AvgIpc) is 1.91. The van der Waals surface area contributed by atoms with Gasteiger partial charge in [-0.1, -0.05) is 0 Å². The summed E-state index contributed by atoms with van der Waals surface area (Å²) in [6.07, 6.45) is 1.21. The van der Waals surface area contributed by atoms with Crippen molar-refractivity contribution in [3.63, 3.8) is 0 Å². The Labute approximate surface area is 41.8 Å². The summed E-state index contributed by atoms with van der Waals surface area (Å²) < 4.78 is 5.63. The molecular weight excluding hydrogens is 94.0 g/mol. The molecule has 3 nitrogen and oxygen atoms in total. The van der Waals surface area contributed by atoms with Crippen LogP contribution in [0.4, 0.5) is 0 Å². The van der Waals surface area contributed by atoms with Crippen LogP contribution >= 0.6 is 0 Å². The zero-order valence-electron chi connectivity index (χ0n) is 4.13. The van der Waals surface area contributed by atoms with Crippen molar-refractivity contribution in [2.24, 2.45) is 0 Å². The number of ether oxygens (including phenoxy) is 1. The number of hydrogen-bond acceptors (Lipinski definition) is 2. The van der Waals surface area contributed by atoms with Gasteiger partial charge in [0.05, 0.1) is 0 Å². The van der Waals surface area contributed by atoms with Gasteiger partial charge in [-0.25, -0.2) is 0 Å². The highest BCUT2D eigenvalue weighted by atomic mass is 16.6. The molecule has 0 aliphatic carbocycles. The zero-order valence-corrected chi connectivity index (χ0v) is 4.13. The standard InChI is InChI=1S/C4H7NO2/c1-4-5(6)2-3-7-4/h2,4H,3H2,1H3. The van der Waals surface area contributed by atoms with E-state index in [4.69, 9.17) is 4.74 Å². The Morgan fingerprint density at radius 1 is 2.00 bits per heavy atom. The van der Waals surface area contributed by atoms with Crippen molar-refractivity contribution in [1.82, 2.24) is 0 Å². The van der Waals surface area contributed by atoms with Gasteiger partial charge in [-0.05, 0) is 0 Å². The van der Waals surface area contributed by atoms with Gasteiger partial charge in [-0.2, -0.15) is 4.74 Å². The van der Waals surface area contributed by atoms with E-state index in [0.717, 1.165) is 4.74 Å². The minimum Gasteiger partial charge on any atom is -0.622 e. The lowest BCUT2D eigenvalue weighted by molar-refractivity contribution is -0.527. The van der Waals surface area contributed by atoms with E-state index < -0.39 is 0 Å². The molecule has 0 aromatic heterocycles. The maximum atomic E-state index is 10.3. The van der Waals surface area contributed by atoms with E-state index in [0.29, 0.717) is 6.61 Å². The molecule has 0 saturated carbocycles. The Kier molecular flexibility index (Phi) is 0.982. The van der Waals surface area contributed by atoms with Gasteiger partial charge in [0.15, 0.2) is 6.21 Å². The van der Waals surface area contributed by atoms with Crippen molar-refractivity contribution in [2.75, 3.05) is 6.61 Å². The molecule has 1 rings (SSSR count). The van der Waals surface area contributed by atoms with E-state index in [1.54, 1.807) is 6.92 Å². The maximum absolute atomic E-state index is 10.3. The SMILES string of the molecule is CC1OCC=[N+]1[O-]. The highest BCUT2D eigenvalue weighted by Crippen LogP contribution is 1.94. The Bertz CT molecular complexity index is 99.9. The van der Waals surface area contributed by atoms with Crippen LogP contribution in [0, 0.1) is 5.21 Å². The highest BCUT2D eigenvalue weighted by molar-refractivity contribution is 5.53. The van der Waals surface area contributed by atoms with Crippen molar-refractivity contribution < 1.29 is 9.48 Å². The molecule has 0 aromatic carbocycles. The predicted molar refractivity (Wildman–Crippen MR) is 25.1 cm³/mol. The molecule has 0 fully saturated rings. The van der Waals surface area contributed by atoms with Gasteiger partial charge < -0.3 is 9.94 Å². The first kappa shape index (κ1) is 4.59. The van der Waals surface area contributed by atoms with E-state index in [-0.39, 0.29) is 6.23 Å². The van der Waals surface area contributed by atoms with Crippen molar-refractivity contribution in [2.45, 2.75) is 13.2 Å². The lowest BCUT2D eigenvalue weighted by Crippen LogP contribution is -2.12. The Morgan fingerprint density at radius 2 is 2.71 bits per heavy atom. The normalized spacial score (nSPS) is 30.4. The number of hydroxylamine groups is 1. The van der Waals surface area contributed by atoms with Crippen LogP contribution in [-0.4, -0.2) is 23.8 Å². The van der Waals surface area contributed by atoms with Crippen molar-refractivity contribution in [3.05, 3.63) is 5.21 Å². The molecule has 1 heterocycles. The highest BCUT2D eigenvalue weighted by Gasteiger charge is 2.13. The van der Waals surface area contributed by atoms with Crippen LogP contribution < -0.4 is 0 Å². The molecule has 0 saturated heterocycles. The van der Waals surface area contributed by atoms with Crippen molar-refractivity contribution in [3.8, 4) is 0 Å². The van der Waals surface area contributed by atoms with Crippen LogP contribution in [0.1, 0.15) is 6.92 Å². The van der Waals surface area contributed by atoms with Gasteiger partial charge in [0.2, 0.25) is 0 Å². The summed E-state index contributed by atoms with van der Waals surface area (Å²) in [5, 5.41) is 10.3. The third-order valence-corrected chi connectivity index (χ3v) is 0.950. The third-order valence-electron chi connectivity index (χ3n) is 0.950. The molecule has 0 N–H and O–H groups in total. The van der Waals surface area contributed by atoms with E-state index in [2.05, 4.69) is 0 Å². The zero-order chi connectivity index (χ0) is 5.28.